The maximum atomic E-state index is 12.2. The molecule has 1 aromatic carbocycles. The lowest BCUT2D eigenvalue weighted by Gasteiger charge is -2.17. The molecule has 0 spiro atoms. The second-order valence-corrected chi connectivity index (χ2v) is 6.95. The minimum absolute atomic E-state index is 0.0671. The first kappa shape index (κ1) is 22.0. The summed E-state index contributed by atoms with van der Waals surface area (Å²) >= 11 is 4.89. The van der Waals surface area contributed by atoms with Crippen molar-refractivity contribution in [3.8, 4) is 11.3 Å². The molecule has 2 aromatic heterocycles. The number of halogens is 3. The molecule has 0 aliphatic carbocycles. The minimum atomic E-state index is -4.49. The Labute approximate surface area is 180 Å². The van der Waals surface area contributed by atoms with E-state index in [9.17, 15) is 18.0 Å². The highest BCUT2D eigenvalue weighted by Gasteiger charge is 2.27. The predicted octanol–water partition coefficient (Wildman–Crippen LogP) is 3.19. The normalized spacial score (nSPS) is 11.2. The van der Waals surface area contributed by atoms with Gasteiger partial charge in [-0.3, -0.25) is 9.81 Å². The smallest absolute Gasteiger partial charge is 0.376 e. The van der Waals surface area contributed by atoms with Crippen LogP contribution in [-0.2, 0) is 0 Å². The van der Waals surface area contributed by atoms with Gasteiger partial charge in [0.15, 0.2) is 5.11 Å². The van der Waals surface area contributed by atoms with Crippen LogP contribution in [0.2, 0.25) is 0 Å². The van der Waals surface area contributed by atoms with E-state index < -0.39 is 18.8 Å². The van der Waals surface area contributed by atoms with Crippen LogP contribution in [0.4, 0.5) is 23.7 Å². The van der Waals surface area contributed by atoms with E-state index in [1.807, 2.05) is 0 Å². The van der Waals surface area contributed by atoms with E-state index in [1.54, 1.807) is 65.6 Å². The van der Waals surface area contributed by atoms with Crippen LogP contribution in [0, 0.1) is 5.41 Å². The number of amidine groups is 1. The second kappa shape index (κ2) is 8.60. The van der Waals surface area contributed by atoms with Crippen molar-refractivity contribution in [3.63, 3.8) is 0 Å². The lowest BCUT2D eigenvalue weighted by atomic mass is 10.1. The fourth-order valence-electron chi connectivity index (χ4n) is 2.76. The van der Waals surface area contributed by atoms with Gasteiger partial charge in [-0.05, 0) is 36.5 Å². The number of hydrogen-bond donors (Lipinski definition) is 4. The quantitative estimate of drug-likeness (QED) is 0.278. The Bertz CT molecular complexity index is 1160. The molecule has 162 valence electrons. The third-order valence-corrected chi connectivity index (χ3v) is 4.59. The number of urea groups is 1. The molecule has 31 heavy (non-hydrogen) atoms. The maximum Gasteiger partial charge on any atom is 0.405 e. The molecule has 3 aromatic rings. The number of nitrogens with zero attached hydrogens (tertiary/aromatic N) is 3. The van der Waals surface area contributed by atoms with Crippen LogP contribution in [0.3, 0.4) is 0 Å². The molecule has 8 nitrogen and oxygen atoms in total. The molecule has 0 aliphatic heterocycles. The summed E-state index contributed by atoms with van der Waals surface area (Å²) in [5, 5.41) is 12.4. The summed E-state index contributed by atoms with van der Waals surface area (Å²) in [5.41, 5.74) is 8.39. The number of rotatable bonds is 4. The number of anilines is 1. The Balaban J connectivity index is 1.82. The number of aromatic nitrogens is 2. The molecule has 5 N–H and O–H groups in total. The highest BCUT2D eigenvalue weighted by molar-refractivity contribution is 7.80. The zero-order valence-corrected chi connectivity index (χ0v) is 17.0. The molecule has 0 atom stereocenters. The zero-order chi connectivity index (χ0) is 22.8. The largest absolute Gasteiger partial charge is 0.405 e. The SMILES string of the molecule is CN(C(=N)c1ccn2c(-c3cccc(NC(=O)NCC(F)(F)F)c3)cnc2c1)C(N)=S. The van der Waals surface area contributed by atoms with Crippen LogP contribution < -0.4 is 16.4 Å². The lowest BCUT2D eigenvalue weighted by molar-refractivity contribution is -0.122. The van der Waals surface area contributed by atoms with Gasteiger partial charge in [-0.1, -0.05) is 12.1 Å². The number of carbonyl (C=O) groups is 1. The van der Waals surface area contributed by atoms with Crippen molar-refractivity contribution < 1.29 is 18.0 Å². The summed E-state index contributed by atoms with van der Waals surface area (Å²) in [6.07, 6.45) is -1.15. The molecule has 2 heterocycles. The Morgan fingerprint density at radius 2 is 2.06 bits per heavy atom. The number of alkyl halides is 3. The number of nitrogens with one attached hydrogen (secondary N) is 3. The average Bonchev–Trinajstić information content (AvgIpc) is 3.14. The number of pyridine rings is 1. The van der Waals surface area contributed by atoms with E-state index in [1.165, 1.54) is 4.90 Å². The third kappa shape index (κ3) is 5.28. The summed E-state index contributed by atoms with van der Waals surface area (Å²) in [6.45, 7) is -1.42. The fraction of sp³-hybridized carbons (Fsp3) is 0.158. The first-order valence-electron chi connectivity index (χ1n) is 8.86. The Morgan fingerprint density at radius 3 is 2.74 bits per heavy atom. The fourth-order valence-corrected chi connectivity index (χ4v) is 2.85. The van der Waals surface area contributed by atoms with Gasteiger partial charge in [0, 0.05) is 30.1 Å². The van der Waals surface area contributed by atoms with Gasteiger partial charge in [0.25, 0.3) is 0 Å². The minimum Gasteiger partial charge on any atom is -0.376 e. The van der Waals surface area contributed by atoms with Gasteiger partial charge in [0.1, 0.15) is 18.0 Å². The van der Waals surface area contributed by atoms with E-state index in [2.05, 4.69) is 10.3 Å². The lowest BCUT2D eigenvalue weighted by Crippen LogP contribution is -2.37. The number of hydrogen-bond acceptors (Lipinski definition) is 4. The van der Waals surface area contributed by atoms with Crippen LogP contribution in [0.5, 0.6) is 0 Å². The van der Waals surface area contributed by atoms with Crippen LogP contribution in [-0.4, -0.2) is 51.0 Å². The topological polar surface area (TPSA) is 112 Å². The summed E-state index contributed by atoms with van der Waals surface area (Å²) in [7, 11) is 1.59. The molecule has 0 unspecified atom stereocenters. The highest BCUT2D eigenvalue weighted by Crippen LogP contribution is 2.24. The molecule has 0 fully saturated rings. The van der Waals surface area contributed by atoms with Crippen molar-refractivity contribution in [1.82, 2.24) is 19.6 Å². The molecule has 2 amide bonds. The molecule has 0 aliphatic rings. The number of carbonyl (C=O) groups excluding carboxylic acids is 1. The summed E-state index contributed by atoms with van der Waals surface area (Å²) in [6, 6.07) is 9.07. The Hall–Kier alpha value is -3.67. The van der Waals surface area contributed by atoms with Gasteiger partial charge in [0.2, 0.25) is 0 Å². The molecular formula is C19H18F3N7OS. The Kier molecular flexibility index (Phi) is 6.11. The monoisotopic (exact) mass is 449 g/mol. The molecule has 0 saturated carbocycles. The first-order chi connectivity index (χ1) is 14.5. The number of fused-ring (bicyclic) bond motifs is 1. The average molecular weight is 449 g/mol. The number of imidazole rings is 1. The van der Waals surface area contributed by atoms with Crippen molar-refractivity contribution in [2.45, 2.75) is 6.18 Å². The van der Waals surface area contributed by atoms with E-state index >= 15 is 0 Å². The first-order valence-corrected chi connectivity index (χ1v) is 9.27. The summed E-state index contributed by atoms with van der Waals surface area (Å²) in [5.74, 6) is 0.121. The van der Waals surface area contributed by atoms with E-state index in [0.717, 1.165) is 0 Å². The van der Waals surface area contributed by atoms with Crippen molar-refractivity contribution >= 4 is 40.5 Å². The molecule has 0 saturated heterocycles. The van der Waals surface area contributed by atoms with E-state index in [-0.39, 0.29) is 10.9 Å². The standard InChI is InChI=1S/C19H18F3N7OS/c1-28(17(24)31)16(23)12-5-6-29-14(9-25-15(29)8-12)11-3-2-4-13(7-11)27-18(30)26-10-19(20,21)22/h2-9,23H,10H2,1H3,(H2,24,31)(H2,26,27,30). The van der Waals surface area contributed by atoms with Crippen LogP contribution in [0.1, 0.15) is 5.56 Å². The Morgan fingerprint density at radius 1 is 1.32 bits per heavy atom. The molecule has 3 rings (SSSR count). The zero-order valence-electron chi connectivity index (χ0n) is 16.2. The van der Waals surface area contributed by atoms with Crippen LogP contribution in [0.25, 0.3) is 16.9 Å². The van der Waals surface area contributed by atoms with Gasteiger partial charge in [-0.2, -0.15) is 13.2 Å². The van der Waals surface area contributed by atoms with Crippen LogP contribution >= 0.6 is 12.2 Å². The van der Waals surface area contributed by atoms with Gasteiger partial charge < -0.3 is 21.3 Å². The van der Waals surface area contributed by atoms with E-state index in [4.69, 9.17) is 23.4 Å². The van der Waals surface area contributed by atoms with Gasteiger partial charge >= 0.3 is 12.2 Å². The number of benzene rings is 1. The molecule has 0 radical (unpaired) electrons. The third-order valence-electron chi connectivity index (χ3n) is 4.32. The summed E-state index contributed by atoms with van der Waals surface area (Å²) < 4.78 is 38.5. The van der Waals surface area contributed by atoms with E-state index in [0.29, 0.717) is 28.2 Å². The van der Waals surface area contributed by atoms with Crippen molar-refractivity contribution in [2.75, 3.05) is 18.9 Å². The number of nitrogens with two attached hydrogens (primary N) is 1. The summed E-state index contributed by atoms with van der Waals surface area (Å²) in [4.78, 5) is 17.4. The van der Waals surface area contributed by atoms with Crippen molar-refractivity contribution in [3.05, 3.63) is 54.4 Å². The molecular weight excluding hydrogens is 431 g/mol. The van der Waals surface area contributed by atoms with Gasteiger partial charge in [-0.15, -0.1) is 0 Å². The number of thiocarbonyl (C=S) groups is 1. The van der Waals surface area contributed by atoms with Gasteiger partial charge in [-0.25, -0.2) is 9.78 Å². The van der Waals surface area contributed by atoms with Gasteiger partial charge in [0.05, 0.1) is 11.9 Å². The maximum absolute atomic E-state index is 12.2. The van der Waals surface area contributed by atoms with Crippen molar-refractivity contribution in [2.24, 2.45) is 5.73 Å². The predicted molar refractivity (Wildman–Crippen MR) is 115 cm³/mol. The molecule has 0 bridgehead atoms. The number of amides is 2. The second-order valence-electron chi connectivity index (χ2n) is 6.54. The highest BCUT2D eigenvalue weighted by atomic mass is 32.1. The molecule has 12 heteroatoms. The van der Waals surface area contributed by atoms with Crippen molar-refractivity contribution in [1.29, 1.82) is 5.41 Å². The van der Waals surface area contributed by atoms with Crippen LogP contribution in [0.15, 0.2) is 48.8 Å².